The standard InChI is InChI=1S/C15H19N3O3/c1-10(2)5-4-8-18-14(20)12(13(19)17-15(18)21)9-11-6-3-7-16-11/h3,6-7,9-10,16H,4-5,8H2,1-2H3,(H,17,19,21). The number of aromatic nitrogens is 1. The zero-order valence-corrected chi connectivity index (χ0v) is 12.2. The maximum absolute atomic E-state index is 12.3. The second kappa shape index (κ2) is 6.39. The summed E-state index contributed by atoms with van der Waals surface area (Å²) in [6, 6.07) is 2.87. The molecule has 1 fully saturated rings. The molecule has 2 rings (SSSR count). The summed E-state index contributed by atoms with van der Waals surface area (Å²) in [4.78, 5) is 39.9. The molecule has 2 heterocycles. The van der Waals surface area contributed by atoms with Gasteiger partial charge in [0, 0.05) is 18.4 Å². The third-order valence-electron chi connectivity index (χ3n) is 3.27. The Hall–Kier alpha value is -2.37. The van der Waals surface area contributed by atoms with Gasteiger partial charge < -0.3 is 4.98 Å². The molecule has 1 aliphatic rings. The van der Waals surface area contributed by atoms with E-state index in [4.69, 9.17) is 0 Å². The number of rotatable bonds is 5. The van der Waals surface area contributed by atoms with Crippen LogP contribution in [-0.4, -0.2) is 34.3 Å². The second-order valence-electron chi connectivity index (χ2n) is 5.44. The van der Waals surface area contributed by atoms with Gasteiger partial charge in [-0.2, -0.15) is 0 Å². The summed E-state index contributed by atoms with van der Waals surface area (Å²) >= 11 is 0. The van der Waals surface area contributed by atoms with Gasteiger partial charge in [0.15, 0.2) is 0 Å². The predicted octanol–water partition coefficient (Wildman–Crippen LogP) is 1.91. The zero-order valence-electron chi connectivity index (χ0n) is 12.2. The lowest BCUT2D eigenvalue weighted by atomic mass is 10.1. The molecule has 0 aromatic carbocycles. The van der Waals surface area contributed by atoms with Gasteiger partial charge in [-0.3, -0.25) is 19.8 Å². The molecule has 0 atom stereocenters. The Bertz CT molecular complexity index is 573. The molecule has 1 saturated heterocycles. The lowest BCUT2D eigenvalue weighted by Gasteiger charge is -2.26. The first-order chi connectivity index (χ1) is 9.99. The van der Waals surface area contributed by atoms with Crippen molar-refractivity contribution < 1.29 is 14.4 Å². The SMILES string of the molecule is CC(C)CCCN1C(=O)NC(=O)C(=Cc2ccc[nH]2)C1=O. The minimum atomic E-state index is -0.653. The monoisotopic (exact) mass is 289 g/mol. The first-order valence-corrected chi connectivity index (χ1v) is 7.01. The van der Waals surface area contributed by atoms with Crippen molar-refractivity contribution in [2.24, 2.45) is 5.92 Å². The number of aromatic amines is 1. The molecule has 6 heteroatoms. The zero-order chi connectivity index (χ0) is 15.4. The number of nitrogens with zero attached hydrogens (tertiary/aromatic N) is 1. The fraction of sp³-hybridized carbons (Fsp3) is 0.400. The summed E-state index contributed by atoms with van der Waals surface area (Å²) in [6.07, 6.45) is 4.80. The molecule has 112 valence electrons. The highest BCUT2D eigenvalue weighted by atomic mass is 16.2. The molecule has 1 aromatic rings. The number of urea groups is 1. The number of hydrogen-bond acceptors (Lipinski definition) is 3. The third-order valence-corrected chi connectivity index (χ3v) is 3.27. The molecule has 0 saturated carbocycles. The molecular formula is C15H19N3O3. The molecular weight excluding hydrogens is 270 g/mol. The average molecular weight is 289 g/mol. The summed E-state index contributed by atoms with van der Waals surface area (Å²) in [5.41, 5.74) is 0.617. The van der Waals surface area contributed by atoms with Crippen LogP contribution in [0.25, 0.3) is 6.08 Å². The van der Waals surface area contributed by atoms with Crippen LogP contribution in [0.15, 0.2) is 23.9 Å². The molecule has 0 aliphatic carbocycles. The highest BCUT2D eigenvalue weighted by molar-refractivity contribution is 6.30. The van der Waals surface area contributed by atoms with Gasteiger partial charge in [0.05, 0.1) is 0 Å². The molecule has 21 heavy (non-hydrogen) atoms. The Morgan fingerprint density at radius 1 is 1.29 bits per heavy atom. The summed E-state index contributed by atoms with van der Waals surface area (Å²) in [7, 11) is 0. The summed E-state index contributed by atoms with van der Waals surface area (Å²) in [5.74, 6) is -0.690. The largest absolute Gasteiger partial charge is 0.362 e. The Kier molecular flexibility index (Phi) is 4.57. The Labute approximate surface area is 123 Å². The van der Waals surface area contributed by atoms with Crippen molar-refractivity contribution in [3.05, 3.63) is 29.6 Å². The van der Waals surface area contributed by atoms with Gasteiger partial charge in [0.25, 0.3) is 11.8 Å². The highest BCUT2D eigenvalue weighted by Gasteiger charge is 2.35. The maximum atomic E-state index is 12.3. The first-order valence-electron chi connectivity index (χ1n) is 7.01. The lowest BCUT2D eigenvalue weighted by Crippen LogP contribution is -2.54. The number of imide groups is 2. The van der Waals surface area contributed by atoms with Gasteiger partial charge in [-0.15, -0.1) is 0 Å². The Morgan fingerprint density at radius 3 is 2.67 bits per heavy atom. The van der Waals surface area contributed by atoms with Gasteiger partial charge in [0.2, 0.25) is 0 Å². The van der Waals surface area contributed by atoms with Crippen molar-refractivity contribution in [3.8, 4) is 0 Å². The lowest BCUT2D eigenvalue weighted by molar-refractivity contribution is -0.130. The number of carbonyl (C=O) groups excluding carboxylic acids is 3. The van der Waals surface area contributed by atoms with E-state index in [0.717, 1.165) is 17.7 Å². The second-order valence-corrected chi connectivity index (χ2v) is 5.44. The van der Waals surface area contributed by atoms with Crippen molar-refractivity contribution >= 4 is 23.9 Å². The van der Waals surface area contributed by atoms with Crippen LogP contribution in [0, 0.1) is 5.92 Å². The molecule has 0 bridgehead atoms. The van der Waals surface area contributed by atoms with E-state index in [0.29, 0.717) is 18.2 Å². The third kappa shape index (κ3) is 3.59. The Morgan fingerprint density at radius 2 is 2.05 bits per heavy atom. The van der Waals surface area contributed by atoms with Gasteiger partial charge in [0.1, 0.15) is 5.57 Å². The van der Waals surface area contributed by atoms with Crippen LogP contribution in [0.2, 0.25) is 0 Å². The predicted molar refractivity (Wildman–Crippen MR) is 78.1 cm³/mol. The van der Waals surface area contributed by atoms with E-state index in [-0.39, 0.29) is 5.57 Å². The summed E-state index contributed by atoms with van der Waals surface area (Å²) in [6.45, 7) is 4.48. The average Bonchev–Trinajstić information content (AvgIpc) is 2.91. The number of carbonyl (C=O) groups is 3. The number of barbiturate groups is 1. The van der Waals surface area contributed by atoms with E-state index in [1.807, 2.05) is 0 Å². The van der Waals surface area contributed by atoms with Crippen molar-refractivity contribution in [3.63, 3.8) is 0 Å². The molecule has 0 unspecified atom stereocenters. The van der Waals surface area contributed by atoms with E-state index >= 15 is 0 Å². The summed E-state index contributed by atoms with van der Waals surface area (Å²) < 4.78 is 0. The number of nitrogens with one attached hydrogen (secondary N) is 2. The van der Waals surface area contributed by atoms with Crippen LogP contribution in [0.5, 0.6) is 0 Å². The van der Waals surface area contributed by atoms with Crippen LogP contribution in [-0.2, 0) is 9.59 Å². The maximum Gasteiger partial charge on any atom is 0.331 e. The number of H-pyrrole nitrogens is 1. The fourth-order valence-electron chi connectivity index (χ4n) is 2.14. The molecule has 1 aliphatic heterocycles. The van der Waals surface area contributed by atoms with Crippen LogP contribution < -0.4 is 5.32 Å². The van der Waals surface area contributed by atoms with Crippen LogP contribution in [0.1, 0.15) is 32.4 Å². The number of hydrogen-bond donors (Lipinski definition) is 2. The van der Waals surface area contributed by atoms with Gasteiger partial charge in [-0.1, -0.05) is 13.8 Å². The summed E-state index contributed by atoms with van der Waals surface area (Å²) in [5, 5.41) is 2.21. The van der Waals surface area contributed by atoms with Gasteiger partial charge in [-0.25, -0.2) is 4.79 Å². The Balaban J connectivity index is 2.14. The quantitative estimate of drug-likeness (QED) is 0.641. The topological polar surface area (TPSA) is 82.3 Å². The minimum Gasteiger partial charge on any atom is -0.362 e. The molecule has 6 nitrogen and oxygen atoms in total. The van der Waals surface area contributed by atoms with Crippen molar-refractivity contribution in [2.75, 3.05) is 6.54 Å². The van der Waals surface area contributed by atoms with E-state index in [1.165, 1.54) is 6.08 Å². The van der Waals surface area contributed by atoms with Gasteiger partial charge >= 0.3 is 6.03 Å². The van der Waals surface area contributed by atoms with E-state index in [2.05, 4.69) is 24.1 Å². The van der Waals surface area contributed by atoms with E-state index in [1.54, 1.807) is 18.3 Å². The molecule has 0 spiro atoms. The fourth-order valence-corrected chi connectivity index (χ4v) is 2.14. The molecule has 2 N–H and O–H groups in total. The minimum absolute atomic E-state index is 0.0263. The highest BCUT2D eigenvalue weighted by Crippen LogP contribution is 2.15. The van der Waals surface area contributed by atoms with Crippen molar-refractivity contribution in [1.29, 1.82) is 0 Å². The van der Waals surface area contributed by atoms with E-state index < -0.39 is 17.8 Å². The van der Waals surface area contributed by atoms with Crippen molar-refractivity contribution in [1.82, 2.24) is 15.2 Å². The number of amides is 4. The van der Waals surface area contributed by atoms with E-state index in [9.17, 15) is 14.4 Å². The smallest absolute Gasteiger partial charge is 0.331 e. The van der Waals surface area contributed by atoms with Crippen LogP contribution in [0.3, 0.4) is 0 Å². The normalized spacial score (nSPS) is 17.8. The van der Waals surface area contributed by atoms with Crippen molar-refractivity contribution in [2.45, 2.75) is 26.7 Å². The molecule has 4 amide bonds. The van der Waals surface area contributed by atoms with Gasteiger partial charge in [-0.05, 0) is 37.0 Å². The molecule has 1 aromatic heterocycles. The molecule has 0 radical (unpaired) electrons. The van der Waals surface area contributed by atoms with Crippen LogP contribution >= 0.6 is 0 Å². The van der Waals surface area contributed by atoms with Crippen LogP contribution in [0.4, 0.5) is 4.79 Å². The first kappa shape index (κ1) is 15.0.